The van der Waals surface area contributed by atoms with Crippen molar-refractivity contribution >= 4 is 39.2 Å². The number of nitrogens with one attached hydrogen (secondary N) is 2. The van der Waals surface area contributed by atoms with E-state index in [-0.39, 0.29) is 16.7 Å². The smallest absolute Gasteiger partial charge is 0.260 e. The number of fused-ring (bicyclic) bond motifs is 1. The van der Waals surface area contributed by atoms with Gasteiger partial charge in [0.15, 0.2) is 5.16 Å². The molecule has 1 amide bonds. The number of amides is 1. The molecule has 0 aliphatic heterocycles. The summed E-state index contributed by atoms with van der Waals surface area (Å²) in [4.78, 5) is 32.0. The van der Waals surface area contributed by atoms with Crippen molar-refractivity contribution in [3.63, 3.8) is 0 Å². The zero-order valence-corrected chi connectivity index (χ0v) is 15.3. The summed E-state index contributed by atoms with van der Waals surface area (Å²) in [7, 11) is 0. The van der Waals surface area contributed by atoms with Gasteiger partial charge < -0.3 is 10.3 Å². The molecule has 1 unspecified atom stereocenters. The van der Waals surface area contributed by atoms with Crippen LogP contribution in [-0.4, -0.2) is 27.7 Å². The molecule has 0 radical (unpaired) electrons. The van der Waals surface area contributed by atoms with Crippen molar-refractivity contribution in [2.75, 3.05) is 6.54 Å². The number of H-pyrrole nitrogens is 1. The third-order valence-corrected chi connectivity index (χ3v) is 5.89. The molecule has 1 atom stereocenters. The minimum absolute atomic E-state index is 0.0228. The zero-order valence-electron chi connectivity index (χ0n) is 13.6. The molecule has 2 heterocycles. The zero-order chi connectivity index (χ0) is 16.9. The summed E-state index contributed by atoms with van der Waals surface area (Å²) in [5, 5.41) is 5.62. The van der Waals surface area contributed by atoms with Gasteiger partial charge in [-0.1, -0.05) is 23.4 Å². The Morgan fingerprint density at radius 2 is 2.38 bits per heavy atom. The number of allylic oxidation sites excluding steroid dienone is 1. The highest BCUT2D eigenvalue weighted by Crippen LogP contribution is 2.23. The van der Waals surface area contributed by atoms with Crippen LogP contribution in [0.1, 0.15) is 39.0 Å². The van der Waals surface area contributed by atoms with Crippen LogP contribution in [0.15, 0.2) is 33.0 Å². The van der Waals surface area contributed by atoms with E-state index in [1.54, 1.807) is 6.07 Å². The molecule has 3 rings (SSSR count). The van der Waals surface area contributed by atoms with Crippen molar-refractivity contribution in [3.05, 3.63) is 33.4 Å². The van der Waals surface area contributed by atoms with E-state index in [0.29, 0.717) is 21.9 Å². The minimum atomic E-state index is -0.300. The molecule has 2 aromatic rings. The van der Waals surface area contributed by atoms with E-state index in [1.165, 1.54) is 47.9 Å². The van der Waals surface area contributed by atoms with Crippen LogP contribution >= 0.6 is 23.1 Å². The highest BCUT2D eigenvalue weighted by atomic mass is 32.2. The first kappa shape index (κ1) is 17.2. The fraction of sp³-hybridized carbons (Fsp3) is 0.471. The van der Waals surface area contributed by atoms with Gasteiger partial charge in [-0.2, -0.15) is 0 Å². The van der Waals surface area contributed by atoms with Gasteiger partial charge in [-0.25, -0.2) is 4.98 Å². The van der Waals surface area contributed by atoms with Crippen LogP contribution in [0.4, 0.5) is 0 Å². The second kappa shape index (κ2) is 7.98. The van der Waals surface area contributed by atoms with Gasteiger partial charge in [-0.15, -0.1) is 11.3 Å². The van der Waals surface area contributed by atoms with Crippen molar-refractivity contribution in [1.29, 1.82) is 0 Å². The monoisotopic (exact) mass is 363 g/mol. The molecular formula is C17H21N3O2S2. The highest BCUT2D eigenvalue weighted by molar-refractivity contribution is 8.00. The summed E-state index contributed by atoms with van der Waals surface area (Å²) in [6.07, 6.45) is 8.10. The van der Waals surface area contributed by atoms with Gasteiger partial charge in [-0.3, -0.25) is 9.59 Å². The van der Waals surface area contributed by atoms with Crippen LogP contribution in [0.3, 0.4) is 0 Å². The van der Waals surface area contributed by atoms with Gasteiger partial charge in [0.2, 0.25) is 5.91 Å². The molecule has 1 aliphatic rings. The lowest BCUT2D eigenvalue weighted by Crippen LogP contribution is -2.32. The van der Waals surface area contributed by atoms with Gasteiger partial charge >= 0.3 is 0 Å². The Labute approximate surface area is 149 Å². The van der Waals surface area contributed by atoms with Crippen molar-refractivity contribution in [2.45, 2.75) is 49.4 Å². The van der Waals surface area contributed by atoms with Crippen LogP contribution in [0, 0.1) is 0 Å². The van der Waals surface area contributed by atoms with Gasteiger partial charge in [0.25, 0.3) is 5.56 Å². The van der Waals surface area contributed by atoms with Crippen LogP contribution in [-0.2, 0) is 4.79 Å². The number of aromatic amines is 1. The minimum Gasteiger partial charge on any atom is -0.355 e. The fourth-order valence-electron chi connectivity index (χ4n) is 2.74. The Kier molecular flexibility index (Phi) is 5.73. The quantitative estimate of drug-likeness (QED) is 0.468. The van der Waals surface area contributed by atoms with E-state index in [0.717, 1.165) is 12.8 Å². The van der Waals surface area contributed by atoms with Crippen molar-refractivity contribution < 1.29 is 4.79 Å². The highest BCUT2D eigenvalue weighted by Gasteiger charge is 2.16. The van der Waals surface area contributed by atoms with E-state index in [2.05, 4.69) is 21.4 Å². The van der Waals surface area contributed by atoms with Gasteiger partial charge in [-0.05, 0) is 50.5 Å². The molecule has 24 heavy (non-hydrogen) atoms. The number of carbonyl (C=O) groups excluding carboxylic acids is 1. The van der Waals surface area contributed by atoms with Gasteiger partial charge in [0.05, 0.1) is 10.6 Å². The topological polar surface area (TPSA) is 74.8 Å². The third kappa shape index (κ3) is 4.27. The summed E-state index contributed by atoms with van der Waals surface area (Å²) < 4.78 is 0. The summed E-state index contributed by atoms with van der Waals surface area (Å²) in [5.74, 6) is -0.0228. The Morgan fingerprint density at radius 1 is 1.50 bits per heavy atom. The summed E-state index contributed by atoms with van der Waals surface area (Å²) in [5.41, 5.74) is 1.30. The number of thioether (sulfide) groups is 1. The molecular weight excluding hydrogens is 342 g/mol. The molecule has 0 fully saturated rings. The molecule has 2 aromatic heterocycles. The average molecular weight is 364 g/mol. The SMILES string of the molecule is CC(Sc1nc2sccc2c(=O)[nH]1)C(=O)NCCC1=CCCCC1. The van der Waals surface area contributed by atoms with E-state index >= 15 is 0 Å². The van der Waals surface area contributed by atoms with E-state index in [1.807, 2.05) is 12.3 Å². The molecule has 128 valence electrons. The first-order valence-corrected chi connectivity index (χ1v) is 9.99. The van der Waals surface area contributed by atoms with Crippen LogP contribution in [0.25, 0.3) is 10.2 Å². The summed E-state index contributed by atoms with van der Waals surface area (Å²) in [6.45, 7) is 2.50. The molecule has 0 spiro atoms. The van der Waals surface area contributed by atoms with Crippen molar-refractivity contribution in [3.8, 4) is 0 Å². The van der Waals surface area contributed by atoms with E-state index in [4.69, 9.17) is 0 Å². The van der Waals surface area contributed by atoms with E-state index in [9.17, 15) is 9.59 Å². The standard InChI is InChI=1S/C17H21N3O2S2/c1-11(14(21)18-9-7-12-5-3-2-4-6-12)24-17-19-15(22)13-8-10-23-16(13)20-17/h5,8,10-11H,2-4,6-7,9H2,1H3,(H,18,21)(H,19,20,22). The molecule has 1 aliphatic carbocycles. The van der Waals surface area contributed by atoms with Gasteiger partial charge in [0.1, 0.15) is 4.83 Å². The number of hydrogen-bond donors (Lipinski definition) is 2. The Morgan fingerprint density at radius 3 is 3.17 bits per heavy atom. The fourth-order valence-corrected chi connectivity index (χ4v) is 4.39. The third-order valence-electron chi connectivity index (χ3n) is 4.10. The molecule has 0 aromatic carbocycles. The summed E-state index contributed by atoms with van der Waals surface area (Å²) in [6, 6.07) is 1.76. The number of thiophene rings is 1. The molecule has 5 nitrogen and oxygen atoms in total. The first-order chi connectivity index (χ1) is 11.6. The number of nitrogens with zero attached hydrogens (tertiary/aromatic N) is 1. The maximum absolute atomic E-state index is 12.2. The average Bonchev–Trinajstić information content (AvgIpc) is 3.04. The molecule has 7 heteroatoms. The second-order valence-electron chi connectivity index (χ2n) is 5.92. The van der Waals surface area contributed by atoms with Crippen molar-refractivity contribution in [2.24, 2.45) is 0 Å². The molecule has 0 saturated heterocycles. The molecule has 0 bridgehead atoms. The molecule has 0 saturated carbocycles. The van der Waals surface area contributed by atoms with Crippen LogP contribution < -0.4 is 10.9 Å². The molecule has 2 N–H and O–H groups in total. The second-order valence-corrected chi connectivity index (χ2v) is 8.14. The lowest BCUT2D eigenvalue weighted by molar-refractivity contribution is -0.120. The largest absolute Gasteiger partial charge is 0.355 e. The van der Waals surface area contributed by atoms with E-state index < -0.39 is 0 Å². The Balaban J connectivity index is 1.53. The maximum atomic E-state index is 12.2. The Hall–Kier alpha value is -1.60. The summed E-state index contributed by atoms with van der Waals surface area (Å²) >= 11 is 2.71. The van der Waals surface area contributed by atoms with Gasteiger partial charge in [0, 0.05) is 6.54 Å². The lowest BCUT2D eigenvalue weighted by atomic mass is 9.97. The first-order valence-electron chi connectivity index (χ1n) is 8.23. The predicted molar refractivity (Wildman–Crippen MR) is 99.7 cm³/mol. The number of aromatic nitrogens is 2. The van der Waals surface area contributed by atoms with Crippen molar-refractivity contribution in [1.82, 2.24) is 15.3 Å². The Bertz CT molecular complexity index is 810. The normalized spacial score (nSPS) is 16.0. The number of carbonyl (C=O) groups is 1. The van der Waals surface area contributed by atoms with Crippen LogP contribution in [0.2, 0.25) is 0 Å². The van der Waals surface area contributed by atoms with Crippen LogP contribution in [0.5, 0.6) is 0 Å². The predicted octanol–water partition coefficient (Wildman–Crippen LogP) is 3.47. The number of hydrogen-bond acceptors (Lipinski definition) is 5. The lowest BCUT2D eigenvalue weighted by Gasteiger charge is -2.14. The number of rotatable bonds is 6. The maximum Gasteiger partial charge on any atom is 0.260 e.